The van der Waals surface area contributed by atoms with Gasteiger partial charge in [0.05, 0.1) is 12.1 Å². The number of likely N-dealkylation sites (tertiary alicyclic amines) is 1. The molecular weight excluding hydrogens is 391 g/mol. The minimum absolute atomic E-state index is 0. The molecule has 0 bridgehead atoms. The largest absolute Gasteiger partial charge is 0.373 e. The maximum atomic E-state index is 5.81. The zero-order chi connectivity index (χ0) is 15.1. The fraction of sp³-hybridized carbons (Fsp3) is 0.938. The number of aliphatic imine (C=N–C) groups is 1. The van der Waals surface area contributed by atoms with Crippen LogP contribution in [0.4, 0.5) is 0 Å². The van der Waals surface area contributed by atoms with Crippen LogP contribution in [0.15, 0.2) is 4.99 Å². The number of nitrogens with one attached hydrogen (secondary N) is 2. The Morgan fingerprint density at radius 1 is 1.36 bits per heavy atom. The summed E-state index contributed by atoms with van der Waals surface area (Å²) in [5.41, 5.74) is -0.0608. The van der Waals surface area contributed by atoms with E-state index in [2.05, 4.69) is 36.3 Å². The van der Waals surface area contributed by atoms with Crippen LogP contribution in [0.5, 0.6) is 0 Å². The summed E-state index contributed by atoms with van der Waals surface area (Å²) >= 11 is 0. The van der Waals surface area contributed by atoms with E-state index in [1.54, 1.807) is 0 Å². The lowest BCUT2D eigenvalue weighted by Gasteiger charge is -2.22. The first kappa shape index (κ1) is 20.0. The molecule has 2 atom stereocenters. The summed E-state index contributed by atoms with van der Waals surface area (Å²) in [6.45, 7) is 13.7. The highest BCUT2D eigenvalue weighted by Gasteiger charge is 2.29. The molecule has 0 spiro atoms. The van der Waals surface area contributed by atoms with E-state index in [4.69, 9.17) is 9.73 Å². The maximum Gasteiger partial charge on any atom is 0.191 e. The van der Waals surface area contributed by atoms with Crippen LogP contribution in [0.2, 0.25) is 0 Å². The molecule has 0 aliphatic carbocycles. The molecule has 0 amide bonds. The fourth-order valence-corrected chi connectivity index (χ4v) is 3.16. The number of guanidine groups is 1. The molecule has 5 nitrogen and oxygen atoms in total. The van der Waals surface area contributed by atoms with Gasteiger partial charge in [0.15, 0.2) is 5.96 Å². The van der Waals surface area contributed by atoms with Crippen molar-refractivity contribution in [2.24, 2.45) is 10.9 Å². The van der Waals surface area contributed by atoms with Crippen LogP contribution in [-0.4, -0.2) is 62.3 Å². The molecule has 130 valence electrons. The van der Waals surface area contributed by atoms with Crippen molar-refractivity contribution in [2.45, 2.75) is 45.6 Å². The van der Waals surface area contributed by atoms with Crippen molar-refractivity contribution >= 4 is 29.9 Å². The standard InChI is InChI=1S/C16H32N4O.HI/c1-4-17-15(19-13-16(3)8-6-10-21-16)18-11-14-7-9-20(5-2)12-14;/h14H,4-13H2,1-3H3,(H2,17,18,19);1H. The molecule has 0 aromatic carbocycles. The van der Waals surface area contributed by atoms with Crippen LogP contribution < -0.4 is 10.6 Å². The summed E-state index contributed by atoms with van der Waals surface area (Å²) < 4.78 is 5.81. The van der Waals surface area contributed by atoms with Crippen molar-refractivity contribution in [2.75, 3.05) is 45.9 Å². The van der Waals surface area contributed by atoms with Gasteiger partial charge in [0, 0.05) is 26.2 Å². The summed E-state index contributed by atoms with van der Waals surface area (Å²) in [7, 11) is 0. The Labute approximate surface area is 152 Å². The first-order valence-electron chi connectivity index (χ1n) is 8.53. The third-order valence-corrected chi connectivity index (χ3v) is 4.59. The lowest BCUT2D eigenvalue weighted by Crippen LogP contribution is -2.41. The van der Waals surface area contributed by atoms with E-state index in [0.29, 0.717) is 0 Å². The number of hydrogen-bond acceptors (Lipinski definition) is 3. The predicted molar refractivity (Wildman–Crippen MR) is 103 cm³/mol. The number of rotatable bonds is 6. The first-order valence-corrected chi connectivity index (χ1v) is 8.53. The second kappa shape index (κ2) is 9.93. The Hall–Kier alpha value is -0.0800. The highest BCUT2D eigenvalue weighted by molar-refractivity contribution is 14.0. The van der Waals surface area contributed by atoms with Gasteiger partial charge >= 0.3 is 0 Å². The van der Waals surface area contributed by atoms with Crippen LogP contribution in [-0.2, 0) is 4.74 Å². The van der Waals surface area contributed by atoms with Gasteiger partial charge in [0.2, 0.25) is 0 Å². The second-order valence-corrected chi connectivity index (χ2v) is 6.53. The van der Waals surface area contributed by atoms with E-state index in [9.17, 15) is 0 Å². The number of ether oxygens (including phenoxy) is 1. The van der Waals surface area contributed by atoms with Crippen LogP contribution in [0.25, 0.3) is 0 Å². The minimum Gasteiger partial charge on any atom is -0.373 e. The molecule has 0 radical (unpaired) electrons. The average Bonchev–Trinajstić information content (AvgIpc) is 3.11. The lowest BCUT2D eigenvalue weighted by molar-refractivity contribution is 0.0283. The molecule has 2 heterocycles. The van der Waals surface area contributed by atoms with E-state index >= 15 is 0 Å². The van der Waals surface area contributed by atoms with Gasteiger partial charge in [-0.2, -0.15) is 0 Å². The van der Waals surface area contributed by atoms with E-state index in [0.717, 1.165) is 51.0 Å². The zero-order valence-corrected chi connectivity index (χ0v) is 16.7. The summed E-state index contributed by atoms with van der Waals surface area (Å²) in [5, 5.41) is 6.85. The van der Waals surface area contributed by atoms with Crippen LogP contribution in [0.3, 0.4) is 0 Å². The number of nitrogens with zero attached hydrogens (tertiary/aromatic N) is 2. The van der Waals surface area contributed by atoms with Gasteiger partial charge < -0.3 is 20.3 Å². The molecule has 2 saturated heterocycles. The molecular formula is C16H33IN4O. The molecule has 0 aromatic rings. The third-order valence-electron chi connectivity index (χ3n) is 4.59. The maximum absolute atomic E-state index is 5.81. The SMILES string of the molecule is CCNC(=NCC1(C)CCCO1)NCC1CCN(CC)C1.I. The third kappa shape index (κ3) is 6.20. The van der Waals surface area contributed by atoms with Crippen molar-refractivity contribution in [1.29, 1.82) is 0 Å². The Kier molecular flexibility index (Phi) is 9.01. The average molecular weight is 424 g/mol. The lowest BCUT2D eigenvalue weighted by atomic mass is 10.0. The summed E-state index contributed by atoms with van der Waals surface area (Å²) in [6, 6.07) is 0. The van der Waals surface area contributed by atoms with Gasteiger partial charge in [0.1, 0.15) is 0 Å². The van der Waals surface area contributed by atoms with Crippen molar-refractivity contribution < 1.29 is 4.74 Å². The molecule has 0 aromatic heterocycles. The monoisotopic (exact) mass is 424 g/mol. The Bertz CT molecular complexity index is 345. The molecule has 2 rings (SSSR count). The highest BCUT2D eigenvalue weighted by Crippen LogP contribution is 2.25. The molecule has 0 saturated carbocycles. The Morgan fingerprint density at radius 3 is 2.77 bits per heavy atom. The van der Waals surface area contributed by atoms with Gasteiger partial charge in [-0.3, -0.25) is 4.99 Å². The number of hydrogen-bond donors (Lipinski definition) is 2. The normalized spacial score (nSPS) is 29.4. The zero-order valence-electron chi connectivity index (χ0n) is 14.4. The molecule has 22 heavy (non-hydrogen) atoms. The molecule has 2 unspecified atom stereocenters. The van der Waals surface area contributed by atoms with E-state index in [1.165, 1.54) is 26.1 Å². The number of halogens is 1. The predicted octanol–water partition coefficient (Wildman–Crippen LogP) is 2.07. The van der Waals surface area contributed by atoms with Crippen LogP contribution >= 0.6 is 24.0 Å². The van der Waals surface area contributed by atoms with Gasteiger partial charge in [-0.15, -0.1) is 24.0 Å². The molecule has 2 aliphatic heterocycles. The smallest absolute Gasteiger partial charge is 0.191 e. The molecule has 2 N–H and O–H groups in total. The quantitative estimate of drug-likeness (QED) is 0.390. The summed E-state index contributed by atoms with van der Waals surface area (Å²) in [5.74, 6) is 1.68. The first-order chi connectivity index (χ1) is 10.1. The summed E-state index contributed by atoms with van der Waals surface area (Å²) in [4.78, 5) is 7.24. The van der Waals surface area contributed by atoms with E-state index in [-0.39, 0.29) is 29.6 Å². The topological polar surface area (TPSA) is 48.9 Å². The molecule has 2 aliphatic rings. The summed E-state index contributed by atoms with van der Waals surface area (Å²) in [6.07, 6.45) is 3.57. The van der Waals surface area contributed by atoms with Gasteiger partial charge in [0.25, 0.3) is 0 Å². The van der Waals surface area contributed by atoms with Crippen molar-refractivity contribution in [1.82, 2.24) is 15.5 Å². The van der Waals surface area contributed by atoms with E-state index in [1.807, 2.05) is 0 Å². The highest BCUT2D eigenvalue weighted by atomic mass is 127. The second-order valence-electron chi connectivity index (χ2n) is 6.53. The van der Waals surface area contributed by atoms with Crippen molar-refractivity contribution in [3.05, 3.63) is 0 Å². The van der Waals surface area contributed by atoms with Crippen molar-refractivity contribution in [3.8, 4) is 0 Å². The Morgan fingerprint density at radius 2 is 2.18 bits per heavy atom. The van der Waals surface area contributed by atoms with Gasteiger partial charge in [-0.1, -0.05) is 6.92 Å². The van der Waals surface area contributed by atoms with Gasteiger partial charge in [-0.05, 0) is 52.1 Å². The van der Waals surface area contributed by atoms with Crippen LogP contribution in [0, 0.1) is 5.92 Å². The Balaban J connectivity index is 0.00000242. The molecule has 2 fully saturated rings. The van der Waals surface area contributed by atoms with Gasteiger partial charge in [-0.25, -0.2) is 0 Å². The molecule has 6 heteroatoms. The van der Waals surface area contributed by atoms with Crippen LogP contribution in [0.1, 0.15) is 40.0 Å². The van der Waals surface area contributed by atoms with E-state index < -0.39 is 0 Å². The fourth-order valence-electron chi connectivity index (χ4n) is 3.16. The van der Waals surface area contributed by atoms with Crippen molar-refractivity contribution in [3.63, 3.8) is 0 Å². The minimum atomic E-state index is -0.0608.